The number of nitrogens with zero attached hydrogens (tertiary/aromatic N) is 4. The van der Waals surface area contributed by atoms with E-state index in [0.717, 1.165) is 15.6 Å². The zero-order chi connectivity index (χ0) is 13.9. The van der Waals surface area contributed by atoms with E-state index in [0.29, 0.717) is 18.1 Å². The highest BCUT2D eigenvalue weighted by Crippen LogP contribution is 2.25. The molecule has 0 amide bonds. The van der Waals surface area contributed by atoms with Gasteiger partial charge < -0.3 is 5.73 Å². The second-order valence-corrected chi connectivity index (χ2v) is 5.24. The summed E-state index contributed by atoms with van der Waals surface area (Å²) in [7, 11) is 0. The molecule has 2 N–H and O–H groups in total. The van der Waals surface area contributed by atoms with Crippen molar-refractivity contribution in [2.75, 3.05) is 5.73 Å². The number of hydrogen-bond acceptors (Lipinski definition) is 4. The Kier molecular flexibility index (Phi) is 3.47. The first-order valence-electron chi connectivity index (χ1n) is 6.09. The zero-order valence-corrected chi connectivity index (χ0v) is 12.2. The Balaban J connectivity index is 1.95. The number of nitrogens with two attached hydrogens (primary N) is 1. The Hall–Kier alpha value is -2.21. The lowest BCUT2D eigenvalue weighted by atomic mass is 10.2. The number of hydrogen-bond donors (Lipinski definition) is 1. The number of anilines is 1. The smallest absolute Gasteiger partial charge is 0.182 e. The average Bonchev–Trinajstić information content (AvgIpc) is 2.91. The third kappa shape index (κ3) is 2.55. The highest BCUT2D eigenvalue weighted by Gasteiger charge is 2.10. The van der Waals surface area contributed by atoms with Crippen LogP contribution in [0, 0.1) is 0 Å². The molecule has 0 saturated carbocycles. The fraction of sp³-hybridized carbons (Fsp3) is 0.0714. The minimum absolute atomic E-state index is 0.624. The molecular weight excluding hydrogens is 318 g/mol. The van der Waals surface area contributed by atoms with Gasteiger partial charge in [-0.3, -0.25) is 0 Å². The lowest BCUT2D eigenvalue weighted by Crippen LogP contribution is -2.04. The summed E-state index contributed by atoms with van der Waals surface area (Å²) in [5.74, 6) is 0.702. The van der Waals surface area contributed by atoms with Crippen LogP contribution in [0.1, 0.15) is 5.56 Å². The van der Waals surface area contributed by atoms with Gasteiger partial charge in [0.05, 0.1) is 6.54 Å². The van der Waals surface area contributed by atoms with Crippen molar-refractivity contribution in [3.8, 4) is 11.4 Å². The van der Waals surface area contributed by atoms with E-state index in [-0.39, 0.29) is 0 Å². The molecule has 0 saturated heterocycles. The summed E-state index contributed by atoms with van der Waals surface area (Å²) in [6.45, 7) is 0.624. The van der Waals surface area contributed by atoms with E-state index in [1.807, 2.05) is 48.5 Å². The third-order valence-electron chi connectivity index (χ3n) is 2.96. The summed E-state index contributed by atoms with van der Waals surface area (Å²) in [4.78, 5) is 0. The van der Waals surface area contributed by atoms with Crippen molar-refractivity contribution in [3.63, 3.8) is 0 Å². The number of halogens is 1. The number of aromatic nitrogens is 4. The molecule has 0 radical (unpaired) electrons. The quantitative estimate of drug-likeness (QED) is 0.750. The van der Waals surface area contributed by atoms with Crippen molar-refractivity contribution < 1.29 is 0 Å². The van der Waals surface area contributed by atoms with Crippen molar-refractivity contribution in [3.05, 3.63) is 58.6 Å². The van der Waals surface area contributed by atoms with E-state index in [2.05, 4.69) is 31.5 Å². The van der Waals surface area contributed by atoms with Gasteiger partial charge in [0.2, 0.25) is 0 Å². The molecule has 3 aromatic rings. The first kappa shape index (κ1) is 12.8. The highest BCUT2D eigenvalue weighted by atomic mass is 79.9. The average molecular weight is 330 g/mol. The molecule has 2 aromatic carbocycles. The maximum absolute atomic E-state index is 5.90. The van der Waals surface area contributed by atoms with E-state index in [9.17, 15) is 0 Å². The molecule has 0 aliphatic carbocycles. The fourth-order valence-corrected chi connectivity index (χ4v) is 2.20. The van der Waals surface area contributed by atoms with Crippen LogP contribution < -0.4 is 5.73 Å². The molecule has 1 heterocycles. The predicted octanol–water partition coefficient (Wildman–Crippen LogP) is 2.73. The van der Waals surface area contributed by atoms with Gasteiger partial charge in [0.15, 0.2) is 5.82 Å². The van der Waals surface area contributed by atoms with Gasteiger partial charge in [-0.15, -0.1) is 5.10 Å². The Morgan fingerprint density at radius 2 is 1.90 bits per heavy atom. The maximum atomic E-state index is 5.90. The van der Waals surface area contributed by atoms with Gasteiger partial charge in [0.1, 0.15) is 0 Å². The van der Waals surface area contributed by atoms with Crippen LogP contribution in [-0.2, 0) is 6.54 Å². The molecule has 0 fully saturated rings. The Morgan fingerprint density at radius 3 is 2.65 bits per heavy atom. The van der Waals surface area contributed by atoms with Crippen LogP contribution in [0.3, 0.4) is 0 Å². The monoisotopic (exact) mass is 329 g/mol. The molecule has 6 heteroatoms. The normalized spacial score (nSPS) is 10.7. The second-order valence-electron chi connectivity index (χ2n) is 4.38. The van der Waals surface area contributed by atoms with E-state index in [1.54, 1.807) is 4.68 Å². The largest absolute Gasteiger partial charge is 0.398 e. The molecule has 3 rings (SSSR count). The van der Waals surface area contributed by atoms with Gasteiger partial charge in [-0.25, -0.2) is 4.68 Å². The van der Waals surface area contributed by atoms with Crippen molar-refractivity contribution in [1.29, 1.82) is 0 Å². The second kappa shape index (κ2) is 5.42. The molecule has 1 aromatic heterocycles. The van der Waals surface area contributed by atoms with Crippen LogP contribution >= 0.6 is 15.9 Å². The van der Waals surface area contributed by atoms with E-state index in [4.69, 9.17) is 5.73 Å². The Morgan fingerprint density at radius 1 is 1.10 bits per heavy atom. The molecule has 0 spiro atoms. The van der Waals surface area contributed by atoms with Gasteiger partial charge >= 0.3 is 0 Å². The lowest BCUT2D eigenvalue weighted by Gasteiger charge is -2.06. The summed E-state index contributed by atoms with van der Waals surface area (Å²) >= 11 is 3.38. The van der Waals surface area contributed by atoms with Gasteiger partial charge in [0, 0.05) is 15.7 Å². The molecule has 0 aliphatic heterocycles. The predicted molar refractivity (Wildman–Crippen MR) is 80.9 cm³/mol. The number of tetrazole rings is 1. The minimum atomic E-state index is 0.624. The van der Waals surface area contributed by atoms with E-state index >= 15 is 0 Å². The topological polar surface area (TPSA) is 69.6 Å². The summed E-state index contributed by atoms with van der Waals surface area (Å²) in [5.41, 5.74) is 8.61. The third-order valence-corrected chi connectivity index (χ3v) is 3.68. The van der Waals surface area contributed by atoms with Crippen LogP contribution in [0.4, 0.5) is 5.69 Å². The molecule has 20 heavy (non-hydrogen) atoms. The standard InChI is InChI=1S/C14H12BrN5/c15-12-7-6-11(8-13(12)16)14-17-18-19-20(14)9-10-4-2-1-3-5-10/h1-8H,9,16H2. The van der Waals surface area contributed by atoms with Gasteiger partial charge in [0.25, 0.3) is 0 Å². The molecule has 5 nitrogen and oxygen atoms in total. The van der Waals surface area contributed by atoms with Crippen LogP contribution in [0.5, 0.6) is 0 Å². The van der Waals surface area contributed by atoms with Gasteiger partial charge in [-0.05, 0) is 50.1 Å². The molecule has 0 unspecified atom stereocenters. The Bertz CT molecular complexity index is 723. The van der Waals surface area contributed by atoms with Crippen LogP contribution in [-0.4, -0.2) is 20.2 Å². The molecule has 100 valence electrons. The Labute approximate surface area is 124 Å². The molecule has 0 bridgehead atoms. The first-order chi connectivity index (χ1) is 9.74. The fourth-order valence-electron chi connectivity index (χ4n) is 1.96. The van der Waals surface area contributed by atoms with Crippen molar-refractivity contribution in [1.82, 2.24) is 20.2 Å². The minimum Gasteiger partial charge on any atom is -0.398 e. The molecule has 0 atom stereocenters. The molecular formula is C14H12BrN5. The first-order valence-corrected chi connectivity index (χ1v) is 6.89. The number of nitrogen functional groups attached to an aromatic ring is 1. The van der Waals surface area contributed by atoms with Crippen molar-refractivity contribution in [2.45, 2.75) is 6.54 Å². The number of benzene rings is 2. The summed E-state index contributed by atoms with van der Waals surface area (Å²) in [6, 6.07) is 15.8. The van der Waals surface area contributed by atoms with E-state index < -0.39 is 0 Å². The van der Waals surface area contributed by atoms with Crippen LogP contribution in [0.25, 0.3) is 11.4 Å². The summed E-state index contributed by atoms with van der Waals surface area (Å²) in [5, 5.41) is 11.9. The highest BCUT2D eigenvalue weighted by molar-refractivity contribution is 9.10. The summed E-state index contributed by atoms with van der Waals surface area (Å²) < 4.78 is 2.63. The molecule has 0 aliphatic rings. The van der Waals surface area contributed by atoms with Crippen molar-refractivity contribution >= 4 is 21.6 Å². The van der Waals surface area contributed by atoms with Crippen LogP contribution in [0.15, 0.2) is 53.0 Å². The van der Waals surface area contributed by atoms with Crippen molar-refractivity contribution in [2.24, 2.45) is 0 Å². The summed E-state index contributed by atoms with van der Waals surface area (Å²) in [6.07, 6.45) is 0. The van der Waals surface area contributed by atoms with Gasteiger partial charge in [-0.2, -0.15) is 0 Å². The SMILES string of the molecule is Nc1cc(-c2nnnn2Cc2ccccc2)ccc1Br. The maximum Gasteiger partial charge on any atom is 0.182 e. The van der Waals surface area contributed by atoms with E-state index in [1.165, 1.54) is 0 Å². The van der Waals surface area contributed by atoms with Gasteiger partial charge in [-0.1, -0.05) is 30.3 Å². The zero-order valence-electron chi connectivity index (χ0n) is 10.6. The number of rotatable bonds is 3. The lowest BCUT2D eigenvalue weighted by molar-refractivity contribution is 0.653. The van der Waals surface area contributed by atoms with Crippen LogP contribution in [0.2, 0.25) is 0 Å².